The van der Waals surface area contributed by atoms with Crippen LogP contribution in [0, 0.1) is 0 Å². The van der Waals surface area contributed by atoms with Crippen LogP contribution in [0.1, 0.15) is 38.8 Å². The standard InChI is InChI=1S/C33H26Cl2N2O4/c1-2-41-27-18-11-22(12-19-27)13-20-30(38)23-14-16-26(17-15-23)36-33(40)29(21-25-9-6-10-28(34)31(25)35)37-32(39)24-7-4-3-5-8-24/h3-21H,2H2,1H3,(H,36,40)(H,37,39)/b20-13+,29-21-. The minimum atomic E-state index is -0.584. The van der Waals surface area contributed by atoms with Gasteiger partial charge in [0.15, 0.2) is 5.78 Å². The van der Waals surface area contributed by atoms with E-state index in [-0.39, 0.29) is 16.5 Å². The molecule has 0 saturated carbocycles. The van der Waals surface area contributed by atoms with Crippen molar-refractivity contribution < 1.29 is 19.1 Å². The van der Waals surface area contributed by atoms with Gasteiger partial charge in [0.1, 0.15) is 11.4 Å². The summed E-state index contributed by atoms with van der Waals surface area (Å²) in [5.74, 6) is -0.477. The second kappa shape index (κ2) is 14.1. The van der Waals surface area contributed by atoms with Crippen molar-refractivity contribution in [2.45, 2.75) is 6.92 Å². The van der Waals surface area contributed by atoms with Crippen LogP contribution < -0.4 is 15.4 Å². The van der Waals surface area contributed by atoms with E-state index in [9.17, 15) is 14.4 Å². The fourth-order valence-corrected chi connectivity index (χ4v) is 4.12. The predicted octanol–water partition coefficient (Wildman–Crippen LogP) is 7.70. The second-order valence-corrected chi connectivity index (χ2v) is 9.54. The molecule has 6 nitrogen and oxygen atoms in total. The molecule has 2 amide bonds. The Balaban J connectivity index is 1.48. The lowest BCUT2D eigenvalue weighted by molar-refractivity contribution is -0.113. The number of allylic oxidation sites excluding steroid dienone is 1. The molecule has 4 rings (SSSR count). The summed E-state index contributed by atoms with van der Waals surface area (Å²) in [4.78, 5) is 38.8. The van der Waals surface area contributed by atoms with Gasteiger partial charge in [0.25, 0.3) is 11.8 Å². The molecule has 41 heavy (non-hydrogen) atoms. The summed E-state index contributed by atoms with van der Waals surface area (Å²) in [5.41, 5.74) is 2.54. The highest BCUT2D eigenvalue weighted by atomic mass is 35.5. The van der Waals surface area contributed by atoms with Crippen LogP contribution in [0.3, 0.4) is 0 Å². The van der Waals surface area contributed by atoms with Crippen molar-refractivity contribution in [3.05, 3.63) is 141 Å². The van der Waals surface area contributed by atoms with E-state index >= 15 is 0 Å². The number of carbonyl (C=O) groups excluding carboxylic acids is 3. The molecule has 0 spiro atoms. The molecule has 4 aromatic carbocycles. The fraction of sp³-hybridized carbons (Fsp3) is 0.0606. The molecule has 8 heteroatoms. The minimum absolute atomic E-state index is 0.0403. The third-order valence-electron chi connectivity index (χ3n) is 5.86. The van der Waals surface area contributed by atoms with E-state index in [1.165, 1.54) is 12.2 Å². The second-order valence-electron chi connectivity index (χ2n) is 8.75. The Bertz CT molecular complexity index is 1600. The fourth-order valence-electron chi connectivity index (χ4n) is 3.76. The molecular formula is C33H26Cl2N2O4. The molecular weight excluding hydrogens is 559 g/mol. The number of nitrogens with one attached hydrogen (secondary N) is 2. The third-order valence-corrected chi connectivity index (χ3v) is 6.69. The molecule has 0 atom stereocenters. The Morgan fingerprint density at radius 3 is 2.20 bits per heavy atom. The lowest BCUT2D eigenvalue weighted by Gasteiger charge is -2.12. The van der Waals surface area contributed by atoms with Crippen LogP contribution in [-0.4, -0.2) is 24.2 Å². The van der Waals surface area contributed by atoms with Crippen molar-refractivity contribution in [3.63, 3.8) is 0 Å². The molecule has 0 aliphatic carbocycles. The number of halogens is 2. The minimum Gasteiger partial charge on any atom is -0.494 e. The molecule has 0 bridgehead atoms. The number of hydrogen-bond acceptors (Lipinski definition) is 4. The van der Waals surface area contributed by atoms with Gasteiger partial charge in [-0.2, -0.15) is 0 Å². The monoisotopic (exact) mass is 584 g/mol. The zero-order valence-electron chi connectivity index (χ0n) is 22.1. The highest BCUT2D eigenvalue weighted by Gasteiger charge is 2.16. The Hall–Kier alpha value is -4.65. The first-order chi connectivity index (χ1) is 19.8. The number of hydrogen-bond donors (Lipinski definition) is 2. The highest BCUT2D eigenvalue weighted by Crippen LogP contribution is 2.27. The van der Waals surface area contributed by atoms with Gasteiger partial charge in [-0.15, -0.1) is 0 Å². The van der Waals surface area contributed by atoms with Gasteiger partial charge in [-0.1, -0.05) is 71.7 Å². The van der Waals surface area contributed by atoms with Gasteiger partial charge >= 0.3 is 0 Å². The SMILES string of the molecule is CCOc1ccc(/C=C/C(=O)c2ccc(NC(=O)/C(=C/c3cccc(Cl)c3Cl)NC(=O)c3ccccc3)cc2)cc1. The molecule has 0 fully saturated rings. The topological polar surface area (TPSA) is 84.5 Å². The van der Waals surface area contributed by atoms with Crippen LogP contribution in [-0.2, 0) is 4.79 Å². The summed E-state index contributed by atoms with van der Waals surface area (Å²) in [5, 5.41) is 5.97. The van der Waals surface area contributed by atoms with E-state index in [1.54, 1.807) is 78.9 Å². The van der Waals surface area contributed by atoms with Gasteiger partial charge < -0.3 is 15.4 Å². The third kappa shape index (κ3) is 8.18. The molecule has 0 aliphatic rings. The highest BCUT2D eigenvalue weighted by molar-refractivity contribution is 6.43. The van der Waals surface area contributed by atoms with Gasteiger partial charge in [0.2, 0.25) is 0 Å². The summed E-state index contributed by atoms with van der Waals surface area (Å²) >= 11 is 12.5. The number of ether oxygens (including phenoxy) is 1. The Morgan fingerprint density at radius 2 is 1.51 bits per heavy atom. The van der Waals surface area contributed by atoms with Crippen molar-refractivity contribution in [1.82, 2.24) is 5.32 Å². The Morgan fingerprint density at radius 1 is 0.805 bits per heavy atom. The average Bonchev–Trinajstić information content (AvgIpc) is 2.99. The van der Waals surface area contributed by atoms with Gasteiger partial charge in [-0.3, -0.25) is 14.4 Å². The maximum Gasteiger partial charge on any atom is 0.272 e. The Kier molecular flexibility index (Phi) is 10.1. The molecule has 0 saturated heterocycles. The van der Waals surface area contributed by atoms with Gasteiger partial charge in [0, 0.05) is 16.8 Å². The van der Waals surface area contributed by atoms with Crippen molar-refractivity contribution in [2.24, 2.45) is 0 Å². The number of anilines is 1. The normalized spacial score (nSPS) is 11.2. The van der Waals surface area contributed by atoms with Crippen LogP contribution in [0.25, 0.3) is 12.2 Å². The van der Waals surface area contributed by atoms with E-state index in [2.05, 4.69) is 10.6 Å². The van der Waals surface area contributed by atoms with E-state index in [0.29, 0.717) is 34.0 Å². The first-order valence-electron chi connectivity index (χ1n) is 12.7. The quantitative estimate of drug-likeness (QED) is 0.148. The molecule has 2 N–H and O–H groups in total. The smallest absolute Gasteiger partial charge is 0.272 e. The summed E-state index contributed by atoms with van der Waals surface area (Å²) in [6, 6.07) is 27.4. The summed E-state index contributed by atoms with van der Waals surface area (Å²) < 4.78 is 5.43. The number of carbonyl (C=O) groups is 3. The summed E-state index contributed by atoms with van der Waals surface area (Å²) in [7, 11) is 0. The summed E-state index contributed by atoms with van der Waals surface area (Å²) in [6.07, 6.45) is 4.66. The number of amides is 2. The van der Waals surface area contributed by atoms with Gasteiger partial charge in [0.05, 0.1) is 16.7 Å². The number of benzene rings is 4. The summed E-state index contributed by atoms with van der Waals surface area (Å²) in [6.45, 7) is 2.50. The van der Waals surface area contributed by atoms with Crippen molar-refractivity contribution in [1.29, 1.82) is 0 Å². The number of ketones is 1. The largest absolute Gasteiger partial charge is 0.494 e. The van der Waals surface area contributed by atoms with E-state index in [1.807, 2.05) is 31.2 Å². The molecule has 0 heterocycles. The lowest BCUT2D eigenvalue weighted by atomic mass is 10.1. The van der Waals surface area contributed by atoms with Crippen LogP contribution in [0.5, 0.6) is 5.75 Å². The van der Waals surface area contributed by atoms with Crippen LogP contribution in [0.4, 0.5) is 5.69 Å². The Labute approximate surface area is 248 Å². The zero-order chi connectivity index (χ0) is 29.2. The lowest BCUT2D eigenvalue weighted by Crippen LogP contribution is -2.30. The van der Waals surface area contributed by atoms with Crippen LogP contribution in [0.15, 0.2) is 109 Å². The molecule has 0 aliphatic heterocycles. The predicted molar refractivity (Wildman–Crippen MR) is 164 cm³/mol. The van der Waals surface area contributed by atoms with Crippen molar-refractivity contribution in [3.8, 4) is 5.75 Å². The first-order valence-corrected chi connectivity index (χ1v) is 13.5. The van der Waals surface area contributed by atoms with Crippen molar-refractivity contribution in [2.75, 3.05) is 11.9 Å². The van der Waals surface area contributed by atoms with Crippen LogP contribution in [0.2, 0.25) is 10.0 Å². The van der Waals surface area contributed by atoms with E-state index in [4.69, 9.17) is 27.9 Å². The average molecular weight is 585 g/mol. The van der Waals surface area contributed by atoms with E-state index < -0.39 is 11.8 Å². The molecule has 0 radical (unpaired) electrons. The van der Waals surface area contributed by atoms with Crippen LogP contribution >= 0.6 is 23.2 Å². The van der Waals surface area contributed by atoms with Gasteiger partial charge in [-0.05, 0) is 84.8 Å². The van der Waals surface area contributed by atoms with Crippen molar-refractivity contribution >= 4 is 58.6 Å². The molecule has 0 unspecified atom stereocenters. The molecule has 206 valence electrons. The molecule has 4 aromatic rings. The van der Waals surface area contributed by atoms with Gasteiger partial charge in [-0.25, -0.2) is 0 Å². The maximum atomic E-state index is 13.3. The zero-order valence-corrected chi connectivity index (χ0v) is 23.6. The number of rotatable bonds is 10. The first kappa shape index (κ1) is 29.3. The van der Waals surface area contributed by atoms with E-state index in [0.717, 1.165) is 11.3 Å². The molecule has 0 aromatic heterocycles. The maximum absolute atomic E-state index is 13.3.